The van der Waals surface area contributed by atoms with Crippen LogP contribution in [0, 0.1) is 5.92 Å². The van der Waals surface area contributed by atoms with E-state index < -0.39 is 6.10 Å². The van der Waals surface area contributed by atoms with Gasteiger partial charge < -0.3 is 19.9 Å². The summed E-state index contributed by atoms with van der Waals surface area (Å²) < 4.78 is 10.8. The molecule has 1 aromatic rings. The molecule has 0 aromatic heterocycles. The van der Waals surface area contributed by atoms with E-state index in [0.717, 1.165) is 12.3 Å². The first kappa shape index (κ1) is 16.0. The molecule has 0 saturated heterocycles. The molecular weight excluding hydrogens is 242 g/mol. The highest BCUT2D eigenvalue weighted by molar-refractivity contribution is 5.20. The number of aliphatic hydroxyl groups excluding tert-OH is 1. The van der Waals surface area contributed by atoms with Crippen molar-refractivity contribution < 1.29 is 14.6 Å². The van der Waals surface area contributed by atoms with E-state index in [9.17, 15) is 5.11 Å². The van der Waals surface area contributed by atoms with Crippen LogP contribution in [-0.4, -0.2) is 44.1 Å². The molecule has 0 aliphatic heterocycles. The first-order valence-corrected chi connectivity index (χ1v) is 6.83. The molecular formula is C15H25NO3. The Morgan fingerprint density at radius 2 is 1.84 bits per heavy atom. The Kier molecular flexibility index (Phi) is 8.21. The molecule has 0 aliphatic rings. The lowest BCUT2D eigenvalue weighted by molar-refractivity contribution is 0.0249. The van der Waals surface area contributed by atoms with Crippen molar-refractivity contribution in [3.8, 4) is 5.75 Å². The summed E-state index contributed by atoms with van der Waals surface area (Å²) in [6, 6.07) is 9.62. The molecule has 0 unspecified atom stereocenters. The SMILES string of the molecule is CC(C)CNC[C@@H](O)COCCOc1ccccc1. The Balaban J connectivity index is 1.95. The first-order valence-electron chi connectivity index (χ1n) is 6.83. The van der Waals surface area contributed by atoms with Crippen LogP contribution >= 0.6 is 0 Å². The zero-order valence-corrected chi connectivity index (χ0v) is 11.8. The molecule has 108 valence electrons. The Bertz CT molecular complexity index is 316. The summed E-state index contributed by atoms with van der Waals surface area (Å²) in [5.74, 6) is 1.43. The molecule has 0 saturated carbocycles. The number of benzene rings is 1. The van der Waals surface area contributed by atoms with Crippen LogP contribution in [-0.2, 0) is 4.74 Å². The number of hydrogen-bond acceptors (Lipinski definition) is 4. The zero-order chi connectivity index (χ0) is 13.9. The third-order valence-electron chi connectivity index (χ3n) is 2.48. The summed E-state index contributed by atoms with van der Waals surface area (Å²) in [6.07, 6.45) is -0.463. The van der Waals surface area contributed by atoms with Crippen LogP contribution in [0.3, 0.4) is 0 Å². The molecule has 1 atom stereocenters. The van der Waals surface area contributed by atoms with Gasteiger partial charge in [0.1, 0.15) is 12.4 Å². The van der Waals surface area contributed by atoms with Crippen molar-refractivity contribution in [3.05, 3.63) is 30.3 Å². The standard InChI is InChI=1S/C15H25NO3/c1-13(2)10-16-11-14(17)12-18-8-9-19-15-6-4-3-5-7-15/h3-7,13-14,16-17H,8-12H2,1-2H3/t14-/m1/s1. The van der Waals surface area contributed by atoms with Crippen molar-refractivity contribution in [2.24, 2.45) is 5.92 Å². The van der Waals surface area contributed by atoms with E-state index >= 15 is 0 Å². The maximum atomic E-state index is 9.65. The van der Waals surface area contributed by atoms with Crippen LogP contribution in [0.2, 0.25) is 0 Å². The Morgan fingerprint density at radius 3 is 2.53 bits per heavy atom. The summed E-state index contributed by atoms with van der Waals surface area (Å²) in [4.78, 5) is 0. The Labute approximate surface area is 115 Å². The normalized spacial score (nSPS) is 12.6. The second-order valence-corrected chi connectivity index (χ2v) is 4.94. The van der Waals surface area contributed by atoms with Crippen LogP contribution in [0.25, 0.3) is 0 Å². The van der Waals surface area contributed by atoms with Crippen LogP contribution < -0.4 is 10.1 Å². The number of aliphatic hydroxyl groups is 1. The highest BCUT2D eigenvalue weighted by Gasteiger charge is 2.04. The minimum Gasteiger partial charge on any atom is -0.491 e. The van der Waals surface area contributed by atoms with Crippen LogP contribution in [0.4, 0.5) is 0 Å². The van der Waals surface area contributed by atoms with E-state index in [4.69, 9.17) is 9.47 Å². The minimum absolute atomic E-state index is 0.337. The maximum absolute atomic E-state index is 9.65. The summed E-state index contributed by atoms with van der Waals surface area (Å²) >= 11 is 0. The Hall–Kier alpha value is -1.10. The summed E-state index contributed by atoms with van der Waals surface area (Å²) in [5.41, 5.74) is 0. The lowest BCUT2D eigenvalue weighted by atomic mass is 10.2. The zero-order valence-electron chi connectivity index (χ0n) is 11.8. The second-order valence-electron chi connectivity index (χ2n) is 4.94. The molecule has 0 radical (unpaired) electrons. The fourth-order valence-corrected chi connectivity index (χ4v) is 1.55. The van der Waals surface area contributed by atoms with Crippen molar-refractivity contribution in [2.45, 2.75) is 20.0 Å². The lowest BCUT2D eigenvalue weighted by Gasteiger charge is -2.13. The van der Waals surface area contributed by atoms with Crippen molar-refractivity contribution in [2.75, 3.05) is 32.9 Å². The monoisotopic (exact) mass is 267 g/mol. The van der Waals surface area contributed by atoms with Crippen molar-refractivity contribution in [1.82, 2.24) is 5.32 Å². The fraction of sp³-hybridized carbons (Fsp3) is 0.600. The predicted octanol–water partition coefficient (Wildman–Crippen LogP) is 1.69. The third-order valence-corrected chi connectivity index (χ3v) is 2.48. The average molecular weight is 267 g/mol. The molecule has 0 bridgehead atoms. The van der Waals surface area contributed by atoms with E-state index in [0.29, 0.717) is 32.3 Å². The van der Waals surface area contributed by atoms with Gasteiger partial charge in [-0.3, -0.25) is 0 Å². The van der Waals surface area contributed by atoms with Crippen LogP contribution in [0.1, 0.15) is 13.8 Å². The maximum Gasteiger partial charge on any atom is 0.119 e. The summed E-state index contributed by atoms with van der Waals surface area (Å²) in [5, 5.41) is 12.8. The quantitative estimate of drug-likeness (QED) is 0.633. The van der Waals surface area contributed by atoms with Crippen molar-refractivity contribution in [1.29, 1.82) is 0 Å². The highest BCUT2D eigenvalue weighted by atomic mass is 16.5. The van der Waals surface area contributed by atoms with Gasteiger partial charge in [-0.15, -0.1) is 0 Å². The lowest BCUT2D eigenvalue weighted by Crippen LogP contribution is -2.32. The van der Waals surface area contributed by atoms with Crippen LogP contribution in [0.5, 0.6) is 5.75 Å². The number of rotatable bonds is 10. The van der Waals surface area contributed by atoms with Gasteiger partial charge in [-0.2, -0.15) is 0 Å². The smallest absolute Gasteiger partial charge is 0.119 e. The summed E-state index contributed by atoms with van der Waals surface area (Å²) in [6.45, 7) is 7.06. The molecule has 4 heteroatoms. The molecule has 0 spiro atoms. The van der Waals surface area contributed by atoms with Gasteiger partial charge >= 0.3 is 0 Å². The molecule has 1 aromatic carbocycles. The van der Waals surface area contributed by atoms with E-state index in [1.807, 2.05) is 30.3 Å². The van der Waals surface area contributed by atoms with Gasteiger partial charge in [0, 0.05) is 6.54 Å². The third kappa shape index (κ3) is 8.59. The molecule has 0 fully saturated rings. The van der Waals surface area contributed by atoms with Crippen molar-refractivity contribution in [3.63, 3.8) is 0 Å². The molecule has 1 rings (SSSR count). The van der Waals surface area contributed by atoms with E-state index in [-0.39, 0.29) is 0 Å². The number of nitrogens with one attached hydrogen (secondary N) is 1. The van der Waals surface area contributed by atoms with Gasteiger partial charge in [0.25, 0.3) is 0 Å². The van der Waals surface area contributed by atoms with Gasteiger partial charge in [0.2, 0.25) is 0 Å². The van der Waals surface area contributed by atoms with Gasteiger partial charge in [0.15, 0.2) is 0 Å². The van der Waals surface area contributed by atoms with Gasteiger partial charge in [0.05, 0.1) is 19.3 Å². The Morgan fingerprint density at radius 1 is 1.11 bits per heavy atom. The molecule has 0 heterocycles. The highest BCUT2D eigenvalue weighted by Crippen LogP contribution is 2.07. The van der Waals surface area contributed by atoms with Gasteiger partial charge in [-0.1, -0.05) is 32.0 Å². The largest absolute Gasteiger partial charge is 0.491 e. The number of ether oxygens (including phenoxy) is 2. The molecule has 0 aliphatic carbocycles. The minimum atomic E-state index is -0.463. The average Bonchev–Trinajstić information content (AvgIpc) is 2.39. The van der Waals surface area contributed by atoms with Gasteiger partial charge in [-0.25, -0.2) is 0 Å². The first-order chi connectivity index (χ1) is 9.18. The number of hydrogen-bond donors (Lipinski definition) is 2. The molecule has 0 amide bonds. The second kappa shape index (κ2) is 9.78. The van der Waals surface area contributed by atoms with E-state index in [1.54, 1.807) is 0 Å². The number of para-hydroxylation sites is 1. The van der Waals surface area contributed by atoms with E-state index in [1.165, 1.54) is 0 Å². The van der Waals surface area contributed by atoms with Crippen LogP contribution in [0.15, 0.2) is 30.3 Å². The molecule has 4 nitrogen and oxygen atoms in total. The molecule has 2 N–H and O–H groups in total. The topological polar surface area (TPSA) is 50.7 Å². The van der Waals surface area contributed by atoms with Crippen molar-refractivity contribution >= 4 is 0 Å². The summed E-state index contributed by atoms with van der Waals surface area (Å²) in [7, 11) is 0. The fourth-order valence-electron chi connectivity index (χ4n) is 1.55. The molecule has 19 heavy (non-hydrogen) atoms. The van der Waals surface area contributed by atoms with Gasteiger partial charge in [-0.05, 0) is 24.6 Å². The van der Waals surface area contributed by atoms with E-state index in [2.05, 4.69) is 19.2 Å². The predicted molar refractivity (Wildman–Crippen MR) is 76.5 cm³/mol.